The lowest BCUT2D eigenvalue weighted by Crippen LogP contribution is -2.32. The maximum absolute atomic E-state index is 11.5. The van der Waals surface area contributed by atoms with Crippen LogP contribution in [0.25, 0.3) is 0 Å². The zero-order chi connectivity index (χ0) is 13.5. The second-order valence-corrected chi connectivity index (χ2v) is 8.15. The summed E-state index contributed by atoms with van der Waals surface area (Å²) in [5.41, 5.74) is -0.320. The van der Waals surface area contributed by atoms with Crippen molar-refractivity contribution in [3.63, 3.8) is 0 Å². The van der Waals surface area contributed by atoms with E-state index in [1.54, 1.807) is 0 Å². The zero-order valence-electron chi connectivity index (χ0n) is 11.0. The first-order valence-corrected chi connectivity index (χ1v) is 8.75. The van der Waals surface area contributed by atoms with E-state index < -0.39 is 15.4 Å². The van der Waals surface area contributed by atoms with E-state index in [0.717, 1.165) is 5.69 Å². The van der Waals surface area contributed by atoms with Crippen molar-refractivity contribution in [2.24, 2.45) is 0 Å². The molecular weight excluding hydrogens is 264 g/mol. The second kappa shape index (κ2) is 4.59. The molecule has 0 radical (unpaired) electrons. The average molecular weight is 284 g/mol. The van der Waals surface area contributed by atoms with E-state index in [-0.39, 0.29) is 11.5 Å². The number of sulfone groups is 1. The van der Waals surface area contributed by atoms with E-state index in [2.05, 4.69) is 5.10 Å². The Morgan fingerprint density at radius 2 is 2.16 bits per heavy atom. The molecule has 1 N–H and O–H groups in total. The van der Waals surface area contributed by atoms with Gasteiger partial charge in [0.1, 0.15) is 0 Å². The molecule has 1 aliphatic heterocycles. The van der Waals surface area contributed by atoms with Crippen LogP contribution in [0.4, 0.5) is 0 Å². The lowest BCUT2D eigenvalue weighted by atomic mass is 9.97. The number of rotatable bonds is 3. The number of aromatic nitrogens is 2. The summed E-state index contributed by atoms with van der Waals surface area (Å²) in [7, 11) is -3.07. The molecule has 0 amide bonds. The van der Waals surface area contributed by atoms with Crippen LogP contribution in [-0.4, -0.2) is 40.4 Å². The summed E-state index contributed by atoms with van der Waals surface area (Å²) >= 11 is 0. The first-order valence-electron chi connectivity index (χ1n) is 6.93. The summed E-state index contributed by atoms with van der Waals surface area (Å²) in [6.07, 6.45) is 7.46. The molecule has 1 saturated carbocycles. The van der Waals surface area contributed by atoms with Crippen LogP contribution in [0, 0.1) is 0 Å². The van der Waals surface area contributed by atoms with Crippen LogP contribution in [0.2, 0.25) is 0 Å². The summed E-state index contributed by atoms with van der Waals surface area (Å²) in [4.78, 5) is 0. The van der Waals surface area contributed by atoms with Crippen molar-refractivity contribution in [2.45, 2.75) is 50.2 Å². The second-order valence-electron chi connectivity index (χ2n) is 5.97. The maximum Gasteiger partial charge on any atom is 0.153 e. The Bertz CT molecular complexity index is 560. The van der Waals surface area contributed by atoms with Crippen molar-refractivity contribution in [1.82, 2.24) is 9.78 Å². The Morgan fingerprint density at radius 1 is 1.42 bits per heavy atom. The third-order valence-electron chi connectivity index (χ3n) is 4.24. The molecule has 1 unspecified atom stereocenters. The minimum absolute atomic E-state index is 0.0901. The summed E-state index contributed by atoms with van der Waals surface area (Å²) < 4.78 is 24.9. The van der Waals surface area contributed by atoms with Crippen molar-refractivity contribution in [3.05, 3.63) is 18.0 Å². The van der Waals surface area contributed by atoms with Crippen LogP contribution in [-0.2, 0) is 16.3 Å². The standard InChI is InChI=1S/C13H20N2O3S/c16-13(6-8-19(17,18)10-13)9-11-5-7-15(14-11)12-3-1-2-4-12/h5,7,12,16H,1-4,6,8-10H2. The molecule has 3 rings (SSSR count). The van der Waals surface area contributed by atoms with Gasteiger partial charge in [-0.1, -0.05) is 12.8 Å². The van der Waals surface area contributed by atoms with Gasteiger partial charge in [-0.3, -0.25) is 4.68 Å². The zero-order valence-corrected chi connectivity index (χ0v) is 11.8. The van der Waals surface area contributed by atoms with Gasteiger partial charge >= 0.3 is 0 Å². The molecule has 1 aliphatic carbocycles. The van der Waals surface area contributed by atoms with Crippen molar-refractivity contribution in [3.8, 4) is 0 Å². The van der Waals surface area contributed by atoms with E-state index in [9.17, 15) is 13.5 Å². The SMILES string of the molecule is O=S1(=O)CCC(O)(Cc2ccn(C3CCCC3)n2)C1. The molecule has 19 heavy (non-hydrogen) atoms. The van der Waals surface area contributed by atoms with Gasteiger partial charge in [-0.2, -0.15) is 5.10 Å². The van der Waals surface area contributed by atoms with Gasteiger partial charge in [0, 0.05) is 12.6 Å². The van der Waals surface area contributed by atoms with Gasteiger partial charge in [0.15, 0.2) is 9.84 Å². The van der Waals surface area contributed by atoms with Crippen LogP contribution in [0.3, 0.4) is 0 Å². The molecule has 2 fully saturated rings. The van der Waals surface area contributed by atoms with Gasteiger partial charge in [0.2, 0.25) is 0 Å². The molecule has 5 nitrogen and oxygen atoms in total. The molecular formula is C13H20N2O3S. The first-order chi connectivity index (χ1) is 8.96. The highest BCUT2D eigenvalue weighted by molar-refractivity contribution is 7.91. The van der Waals surface area contributed by atoms with Crippen molar-refractivity contribution >= 4 is 9.84 Å². The summed E-state index contributed by atoms with van der Waals surface area (Å²) in [6.45, 7) is 0. The van der Waals surface area contributed by atoms with Gasteiger partial charge < -0.3 is 5.11 Å². The Balaban J connectivity index is 1.70. The van der Waals surface area contributed by atoms with Crippen LogP contribution in [0.15, 0.2) is 12.3 Å². The monoisotopic (exact) mass is 284 g/mol. The number of hydrogen-bond donors (Lipinski definition) is 1. The Labute approximate surface area is 113 Å². The van der Waals surface area contributed by atoms with E-state index in [1.165, 1.54) is 25.7 Å². The fourth-order valence-corrected chi connectivity index (χ4v) is 5.12. The Morgan fingerprint density at radius 3 is 2.79 bits per heavy atom. The summed E-state index contributed by atoms with van der Waals surface area (Å²) in [6, 6.07) is 2.39. The van der Waals surface area contributed by atoms with Gasteiger partial charge in [-0.05, 0) is 25.3 Å². The quantitative estimate of drug-likeness (QED) is 0.902. The van der Waals surface area contributed by atoms with Gasteiger partial charge in [0.25, 0.3) is 0 Å². The highest BCUT2D eigenvalue weighted by atomic mass is 32.2. The van der Waals surface area contributed by atoms with Gasteiger partial charge in [-0.15, -0.1) is 0 Å². The van der Waals surface area contributed by atoms with Gasteiger partial charge in [0.05, 0.1) is 28.8 Å². The highest BCUT2D eigenvalue weighted by Gasteiger charge is 2.41. The van der Waals surface area contributed by atoms with E-state index in [1.807, 2.05) is 16.9 Å². The first kappa shape index (κ1) is 13.1. The third kappa shape index (κ3) is 2.84. The number of hydrogen-bond acceptors (Lipinski definition) is 4. The minimum atomic E-state index is -3.07. The largest absolute Gasteiger partial charge is 0.388 e. The molecule has 0 aromatic carbocycles. The molecule has 1 aromatic heterocycles. The fourth-order valence-electron chi connectivity index (χ4n) is 3.22. The summed E-state index contributed by atoms with van der Waals surface area (Å²) in [5, 5.41) is 14.8. The van der Waals surface area contributed by atoms with Crippen molar-refractivity contribution in [2.75, 3.05) is 11.5 Å². The molecule has 0 spiro atoms. The average Bonchev–Trinajstić information content (AvgIpc) is 2.98. The molecule has 2 aliphatic rings. The third-order valence-corrected chi connectivity index (χ3v) is 6.04. The van der Waals surface area contributed by atoms with Crippen LogP contribution < -0.4 is 0 Å². The molecule has 106 valence electrons. The predicted octanol–water partition coefficient (Wildman–Crippen LogP) is 1.09. The number of aliphatic hydroxyl groups is 1. The van der Waals surface area contributed by atoms with Crippen LogP contribution in [0.5, 0.6) is 0 Å². The van der Waals surface area contributed by atoms with Gasteiger partial charge in [-0.25, -0.2) is 8.42 Å². The van der Waals surface area contributed by atoms with E-state index >= 15 is 0 Å². The smallest absolute Gasteiger partial charge is 0.153 e. The van der Waals surface area contributed by atoms with Crippen molar-refractivity contribution < 1.29 is 13.5 Å². The fraction of sp³-hybridized carbons (Fsp3) is 0.769. The Hall–Kier alpha value is -0.880. The lowest BCUT2D eigenvalue weighted by Gasteiger charge is -2.19. The highest BCUT2D eigenvalue weighted by Crippen LogP contribution is 2.30. The maximum atomic E-state index is 11.5. The Kier molecular flexibility index (Phi) is 3.17. The topological polar surface area (TPSA) is 72.2 Å². The van der Waals surface area contributed by atoms with E-state index in [4.69, 9.17) is 0 Å². The van der Waals surface area contributed by atoms with Crippen LogP contribution >= 0.6 is 0 Å². The predicted molar refractivity (Wildman–Crippen MR) is 71.7 cm³/mol. The molecule has 1 saturated heterocycles. The van der Waals surface area contributed by atoms with Crippen LogP contribution in [0.1, 0.15) is 43.8 Å². The molecule has 1 aromatic rings. The van der Waals surface area contributed by atoms with E-state index in [0.29, 0.717) is 18.9 Å². The normalized spacial score (nSPS) is 31.0. The molecule has 1 atom stereocenters. The minimum Gasteiger partial charge on any atom is -0.388 e. The molecule has 2 heterocycles. The number of nitrogens with zero attached hydrogens (tertiary/aromatic N) is 2. The summed E-state index contributed by atoms with van der Waals surface area (Å²) in [5.74, 6) is -0.0386. The molecule has 6 heteroatoms. The lowest BCUT2D eigenvalue weighted by molar-refractivity contribution is 0.0669. The molecule has 0 bridgehead atoms. The van der Waals surface area contributed by atoms with Crippen molar-refractivity contribution in [1.29, 1.82) is 0 Å².